The number of likely N-dealkylation sites (tertiary alicyclic amines) is 1. The van der Waals surface area contributed by atoms with E-state index in [-0.39, 0.29) is 12.4 Å². The lowest BCUT2D eigenvalue weighted by Crippen LogP contribution is -2.30. The first-order valence-electron chi connectivity index (χ1n) is 6.00. The van der Waals surface area contributed by atoms with Gasteiger partial charge < -0.3 is 14.7 Å². The van der Waals surface area contributed by atoms with Crippen molar-refractivity contribution in [3.05, 3.63) is 35.6 Å². The van der Waals surface area contributed by atoms with Gasteiger partial charge in [0.25, 0.3) is 0 Å². The molecule has 4 nitrogen and oxygen atoms in total. The van der Waals surface area contributed by atoms with Crippen molar-refractivity contribution >= 4 is 6.09 Å². The van der Waals surface area contributed by atoms with Gasteiger partial charge in [-0.05, 0) is 18.1 Å². The average molecular weight is 253 g/mol. The first kappa shape index (κ1) is 12.8. The topological polar surface area (TPSA) is 49.8 Å². The van der Waals surface area contributed by atoms with E-state index in [9.17, 15) is 14.3 Å². The van der Waals surface area contributed by atoms with Crippen molar-refractivity contribution < 1.29 is 19.0 Å². The van der Waals surface area contributed by atoms with Gasteiger partial charge >= 0.3 is 6.09 Å². The fraction of sp³-hybridized carbons (Fsp3) is 0.462. The van der Waals surface area contributed by atoms with Gasteiger partial charge in [-0.1, -0.05) is 18.2 Å². The molecule has 1 aromatic rings. The Morgan fingerprint density at radius 3 is 2.94 bits per heavy atom. The molecule has 5 heteroatoms. The van der Waals surface area contributed by atoms with Crippen LogP contribution < -0.4 is 0 Å². The van der Waals surface area contributed by atoms with Crippen LogP contribution >= 0.6 is 0 Å². The van der Waals surface area contributed by atoms with E-state index in [0.717, 1.165) is 0 Å². The molecule has 98 valence electrons. The van der Waals surface area contributed by atoms with E-state index in [1.807, 2.05) is 0 Å². The fourth-order valence-electron chi connectivity index (χ4n) is 1.95. The lowest BCUT2D eigenvalue weighted by molar-refractivity contribution is 0.104. The summed E-state index contributed by atoms with van der Waals surface area (Å²) in [6.07, 6.45) is 0.0454. The van der Waals surface area contributed by atoms with Crippen LogP contribution in [0.5, 0.6) is 0 Å². The zero-order chi connectivity index (χ0) is 13.0. The van der Waals surface area contributed by atoms with Crippen LogP contribution in [0, 0.1) is 5.82 Å². The molecule has 1 fully saturated rings. The number of ether oxygens (including phenoxy) is 1. The fourth-order valence-corrected chi connectivity index (χ4v) is 1.95. The molecule has 1 N–H and O–H groups in total. The molecule has 1 aromatic carbocycles. The molecule has 1 amide bonds. The van der Waals surface area contributed by atoms with Crippen LogP contribution in [0.3, 0.4) is 0 Å². The Bertz CT molecular complexity index is 424. The highest BCUT2D eigenvalue weighted by Gasteiger charge is 2.25. The number of carbonyl (C=O) groups excluding carboxylic acids is 1. The second kappa shape index (κ2) is 5.82. The number of β-amino-alcohol motifs (C(OH)–C–C–N with tert-alkyl or cyclic N) is 1. The first-order chi connectivity index (χ1) is 8.66. The van der Waals surface area contributed by atoms with Crippen molar-refractivity contribution in [2.24, 2.45) is 0 Å². The Kier molecular flexibility index (Phi) is 4.15. The Hall–Kier alpha value is -1.62. The lowest BCUT2D eigenvalue weighted by Gasteiger charge is -2.15. The van der Waals surface area contributed by atoms with Crippen molar-refractivity contribution in [3.8, 4) is 0 Å². The molecule has 1 unspecified atom stereocenters. The van der Waals surface area contributed by atoms with E-state index in [2.05, 4.69) is 0 Å². The van der Waals surface area contributed by atoms with Crippen LogP contribution in [-0.4, -0.2) is 41.9 Å². The summed E-state index contributed by atoms with van der Waals surface area (Å²) in [6, 6.07) is 6.42. The van der Waals surface area contributed by atoms with Crippen LogP contribution in [-0.2, 0) is 11.2 Å². The second-order valence-electron chi connectivity index (χ2n) is 4.34. The number of amides is 1. The molecule has 0 bridgehead atoms. The van der Waals surface area contributed by atoms with Crippen molar-refractivity contribution in [3.63, 3.8) is 0 Å². The zero-order valence-corrected chi connectivity index (χ0v) is 10.0. The molecule has 0 aromatic heterocycles. The summed E-state index contributed by atoms with van der Waals surface area (Å²) < 4.78 is 18.3. The molecule has 1 heterocycles. The monoisotopic (exact) mass is 253 g/mol. The first-order valence-corrected chi connectivity index (χ1v) is 6.00. The Morgan fingerprint density at radius 1 is 1.50 bits per heavy atom. The summed E-state index contributed by atoms with van der Waals surface area (Å²) in [5, 5.41) is 9.29. The van der Waals surface area contributed by atoms with E-state index in [1.54, 1.807) is 18.2 Å². The average Bonchev–Trinajstić information content (AvgIpc) is 2.78. The SMILES string of the molecule is O=C(OCCc1ccccc1F)N1CCC(O)C1. The molecule has 0 saturated carbocycles. The third kappa shape index (κ3) is 3.20. The van der Waals surface area contributed by atoms with Crippen LogP contribution in [0.1, 0.15) is 12.0 Å². The number of halogens is 1. The second-order valence-corrected chi connectivity index (χ2v) is 4.34. The van der Waals surface area contributed by atoms with Gasteiger partial charge in [0.2, 0.25) is 0 Å². The van der Waals surface area contributed by atoms with Crippen LogP contribution in [0.15, 0.2) is 24.3 Å². The smallest absolute Gasteiger partial charge is 0.409 e. The van der Waals surface area contributed by atoms with E-state index in [1.165, 1.54) is 11.0 Å². The molecule has 0 spiro atoms. The Morgan fingerprint density at radius 2 is 2.28 bits per heavy atom. The van der Waals surface area contributed by atoms with E-state index in [0.29, 0.717) is 31.5 Å². The van der Waals surface area contributed by atoms with Gasteiger partial charge in [-0.2, -0.15) is 0 Å². The van der Waals surface area contributed by atoms with Crippen molar-refractivity contribution in [1.82, 2.24) is 4.90 Å². The summed E-state index contributed by atoms with van der Waals surface area (Å²) in [5.74, 6) is -0.287. The van der Waals surface area contributed by atoms with Crippen LogP contribution in [0.4, 0.5) is 9.18 Å². The third-order valence-electron chi connectivity index (χ3n) is 2.98. The number of rotatable bonds is 3. The number of aliphatic hydroxyl groups excluding tert-OH is 1. The molecule has 0 radical (unpaired) electrons. The number of aliphatic hydroxyl groups is 1. The molecular formula is C13H16FNO3. The maximum Gasteiger partial charge on any atom is 0.409 e. The summed E-state index contributed by atoms with van der Waals surface area (Å²) in [6.45, 7) is 0.977. The minimum Gasteiger partial charge on any atom is -0.449 e. The van der Waals surface area contributed by atoms with Gasteiger partial charge in [0.05, 0.1) is 12.7 Å². The van der Waals surface area contributed by atoms with E-state index < -0.39 is 12.2 Å². The highest BCUT2D eigenvalue weighted by atomic mass is 19.1. The summed E-state index contributed by atoms with van der Waals surface area (Å²) in [5.41, 5.74) is 0.534. The standard InChI is InChI=1S/C13H16FNO3/c14-12-4-2-1-3-10(12)6-8-18-13(17)15-7-5-11(16)9-15/h1-4,11,16H,5-9H2. The van der Waals surface area contributed by atoms with Crippen molar-refractivity contribution in [2.75, 3.05) is 19.7 Å². The molecule has 1 atom stereocenters. The van der Waals surface area contributed by atoms with Gasteiger partial charge in [-0.3, -0.25) is 0 Å². The van der Waals surface area contributed by atoms with Gasteiger partial charge in [-0.15, -0.1) is 0 Å². The predicted molar refractivity (Wildman–Crippen MR) is 63.6 cm³/mol. The maximum atomic E-state index is 13.3. The van der Waals surface area contributed by atoms with Crippen LogP contribution in [0.25, 0.3) is 0 Å². The third-order valence-corrected chi connectivity index (χ3v) is 2.98. The number of hydrogen-bond donors (Lipinski definition) is 1. The number of nitrogens with zero attached hydrogens (tertiary/aromatic N) is 1. The molecule has 18 heavy (non-hydrogen) atoms. The van der Waals surface area contributed by atoms with E-state index >= 15 is 0 Å². The zero-order valence-electron chi connectivity index (χ0n) is 10.0. The van der Waals surface area contributed by atoms with Gasteiger partial charge in [-0.25, -0.2) is 9.18 Å². The number of hydrogen-bond acceptors (Lipinski definition) is 3. The molecule has 1 aliphatic heterocycles. The Labute approximate surface area is 105 Å². The number of benzene rings is 1. The molecule has 1 saturated heterocycles. The van der Waals surface area contributed by atoms with E-state index in [4.69, 9.17) is 4.74 Å². The summed E-state index contributed by atoms with van der Waals surface area (Å²) in [4.78, 5) is 13.0. The number of carbonyl (C=O) groups is 1. The van der Waals surface area contributed by atoms with Gasteiger partial charge in [0, 0.05) is 19.5 Å². The molecule has 1 aliphatic rings. The maximum absolute atomic E-state index is 13.3. The molecule has 2 rings (SSSR count). The molecule has 0 aliphatic carbocycles. The van der Waals surface area contributed by atoms with Crippen LogP contribution in [0.2, 0.25) is 0 Å². The summed E-state index contributed by atoms with van der Waals surface area (Å²) in [7, 11) is 0. The largest absolute Gasteiger partial charge is 0.449 e. The highest BCUT2D eigenvalue weighted by Crippen LogP contribution is 2.11. The minimum absolute atomic E-state index is 0.145. The Balaban J connectivity index is 1.75. The summed E-state index contributed by atoms with van der Waals surface area (Å²) >= 11 is 0. The quantitative estimate of drug-likeness (QED) is 0.889. The minimum atomic E-state index is -0.455. The molecular weight excluding hydrogens is 237 g/mol. The van der Waals surface area contributed by atoms with Gasteiger partial charge in [0.15, 0.2) is 0 Å². The van der Waals surface area contributed by atoms with Crippen molar-refractivity contribution in [2.45, 2.75) is 18.9 Å². The lowest BCUT2D eigenvalue weighted by atomic mass is 10.1. The normalized spacial score (nSPS) is 19.0. The predicted octanol–water partition coefficient (Wildman–Crippen LogP) is 1.57. The van der Waals surface area contributed by atoms with Crippen molar-refractivity contribution in [1.29, 1.82) is 0 Å². The highest BCUT2D eigenvalue weighted by molar-refractivity contribution is 5.68. The van der Waals surface area contributed by atoms with Gasteiger partial charge in [0.1, 0.15) is 5.82 Å².